The van der Waals surface area contributed by atoms with E-state index < -0.39 is 22.5 Å². The number of rotatable bonds is 3. The summed E-state index contributed by atoms with van der Waals surface area (Å²) in [5.74, 6) is -2.01. The topological polar surface area (TPSA) is 72.2 Å². The zero-order chi connectivity index (χ0) is 15.6. The van der Waals surface area contributed by atoms with Gasteiger partial charge in [-0.05, 0) is 23.8 Å². The number of halogens is 2. The highest BCUT2D eigenvalue weighted by Crippen LogP contribution is 2.30. The summed E-state index contributed by atoms with van der Waals surface area (Å²) in [7, 11) is 0. The molecule has 1 N–H and O–H groups in total. The summed E-state index contributed by atoms with van der Waals surface area (Å²) in [5.41, 5.74) is 0.0348. The summed E-state index contributed by atoms with van der Waals surface area (Å²) in [6, 6.07) is 6.61. The molecular formula is C14H10F2N2O3. The molecule has 2 rings (SSSR count). The van der Waals surface area contributed by atoms with E-state index in [9.17, 15) is 23.7 Å². The summed E-state index contributed by atoms with van der Waals surface area (Å²) in [4.78, 5) is 21.3. The summed E-state index contributed by atoms with van der Waals surface area (Å²) >= 11 is 0. The summed E-state index contributed by atoms with van der Waals surface area (Å²) in [6.07, 6.45) is 0. The molecule has 2 aromatic rings. The number of nitro benzene ring substituents is 1. The predicted octanol–water partition coefficient (Wildman–Crippen LogP) is 3.50. The molecule has 5 nitrogen and oxygen atoms in total. The summed E-state index contributed by atoms with van der Waals surface area (Å²) < 4.78 is 26.7. The third kappa shape index (κ3) is 3.38. The lowest BCUT2D eigenvalue weighted by molar-refractivity contribution is -0.384. The van der Waals surface area contributed by atoms with Crippen LogP contribution in [0.15, 0.2) is 36.4 Å². The molecule has 0 spiro atoms. The highest BCUT2D eigenvalue weighted by atomic mass is 19.1. The van der Waals surface area contributed by atoms with E-state index in [2.05, 4.69) is 5.32 Å². The van der Waals surface area contributed by atoms with Crippen LogP contribution in [0, 0.1) is 21.7 Å². The number of nitro groups is 1. The number of carbonyl (C=O) groups is 1. The third-order valence-electron chi connectivity index (χ3n) is 2.69. The SMILES string of the molecule is CC(=O)Nc1cc(-c2ccc(F)cc2F)cc([N+](=O)[O-])c1. The Morgan fingerprint density at radius 3 is 2.48 bits per heavy atom. The molecule has 0 bridgehead atoms. The predicted molar refractivity (Wildman–Crippen MR) is 72.8 cm³/mol. The molecule has 0 aliphatic rings. The van der Waals surface area contributed by atoms with Crippen molar-refractivity contribution in [2.24, 2.45) is 0 Å². The van der Waals surface area contributed by atoms with Crippen molar-refractivity contribution >= 4 is 17.3 Å². The van der Waals surface area contributed by atoms with Crippen molar-refractivity contribution in [1.29, 1.82) is 0 Å². The minimum Gasteiger partial charge on any atom is -0.326 e. The van der Waals surface area contributed by atoms with E-state index >= 15 is 0 Å². The van der Waals surface area contributed by atoms with Gasteiger partial charge in [0.15, 0.2) is 0 Å². The van der Waals surface area contributed by atoms with Crippen molar-refractivity contribution in [1.82, 2.24) is 0 Å². The molecule has 0 aromatic heterocycles. The molecular weight excluding hydrogens is 282 g/mol. The lowest BCUT2D eigenvalue weighted by atomic mass is 10.0. The van der Waals surface area contributed by atoms with E-state index in [1.807, 2.05) is 0 Å². The number of hydrogen-bond acceptors (Lipinski definition) is 3. The molecule has 0 aliphatic heterocycles. The van der Waals surface area contributed by atoms with Crippen LogP contribution in [0.5, 0.6) is 0 Å². The molecule has 0 radical (unpaired) electrons. The maximum atomic E-state index is 13.8. The van der Waals surface area contributed by atoms with Gasteiger partial charge in [0, 0.05) is 36.4 Å². The molecule has 21 heavy (non-hydrogen) atoms. The number of carbonyl (C=O) groups excluding carboxylic acids is 1. The van der Waals surface area contributed by atoms with E-state index in [0.717, 1.165) is 18.2 Å². The lowest BCUT2D eigenvalue weighted by Crippen LogP contribution is -2.06. The fourth-order valence-corrected chi connectivity index (χ4v) is 1.87. The zero-order valence-electron chi connectivity index (χ0n) is 10.9. The van der Waals surface area contributed by atoms with Gasteiger partial charge in [-0.1, -0.05) is 0 Å². The second kappa shape index (κ2) is 5.66. The van der Waals surface area contributed by atoms with E-state index in [4.69, 9.17) is 0 Å². The molecule has 1 amide bonds. The number of non-ortho nitro benzene ring substituents is 1. The van der Waals surface area contributed by atoms with Crippen LogP contribution in [0.3, 0.4) is 0 Å². The average molecular weight is 292 g/mol. The minimum atomic E-state index is -0.843. The number of nitrogens with zero attached hydrogens (tertiary/aromatic N) is 1. The molecule has 0 unspecified atom stereocenters. The highest BCUT2D eigenvalue weighted by molar-refractivity contribution is 5.90. The van der Waals surface area contributed by atoms with Crippen molar-refractivity contribution in [2.75, 3.05) is 5.32 Å². The van der Waals surface area contributed by atoms with Crippen molar-refractivity contribution < 1.29 is 18.5 Å². The van der Waals surface area contributed by atoms with Gasteiger partial charge in [-0.2, -0.15) is 0 Å². The Morgan fingerprint density at radius 2 is 1.90 bits per heavy atom. The first kappa shape index (κ1) is 14.6. The number of hydrogen-bond donors (Lipinski definition) is 1. The standard InChI is InChI=1S/C14H10F2N2O3/c1-8(19)17-11-4-9(5-12(7-11)18(20)21)13-3-2-10(15)6-14(13)16/h2-7H,1H3,(H,17,19). The fourth-order valence-electron chi connectivity index (χ4n) is 1.87. The van der Waals surface area contributed by atoms with Crippen molar-refractivity contribution in [3.8, 4) is 11.1 Å². The quantitative estimate of drug-likeness (QED) is 0.695. The zero-order valence-corrected chi connectivity index (χ0v) is 10.9. The number of anilines is 1. The van der Waals surface area contributed by atoms with Crippen LogP contribution in [-0.2, 0) is 4.79 Å². The van der Waals surface area contributed by atoms with Crippen LogP contribution in [0.25, 0.3) is 11.1 Å². The minimum absolute atomic E-state index is 0.00621. The molecule has 108 valence electrons. The molecule has 0 fully saturated rings. The number of benzene rings is 2. The van der Waals surface area contributed by atoms with E-state index in [0.29, 0.717) is 6.07 Å². The van der Waals surface area contributed by atoms with Gasteiger partial charge < -0.3 is 5.32 Å². The largest absolute Gasteiger partial charge is 0.326 e. The Labute approximate surface area is 118 Å². The third-order valence-corrected chi connectivity index (χ3v) is 2.69. The molecule has 2 aromatic carbocycles. The Hall–Kier alpha value is -2.83. The van der Waals surface area contributed by atoms with Crippen LogP contribution in [0.4, 0.5) is 20.2 Å². The first-order valence-electron chi connectivity index (χ1n) is 5.89. The van der Waals surface area contributed by atoms with Gasteiger partial charge in [0.1, 0.15) is 11.6 Å². The van der Waals surface area contributed by atoms with Gasteiger partial charge in [0.2, 0.25) is 5.91 Å². The van der Waals surface area contributed by atoms with Crippen molar-refractivity contribution in [2.45, 2.75) is 6.92 Å². The van der Waals surface area contributed by atoms with Gasteiger partial charge in [0.25, 0.3) is 5.69 Å². The van der Waals surface area contributed by atoms with Crippen LogP contribution < -0.4 is 5.32 Å². The van der Waals surface area contributed by atoms with Gasteiger partial charge in [-0.3, -0.25) is 14.9 Å². The molecule has 0 aliphatic carbocycles. The van der Waals surface area contributed by atoms with Gasteiger partial charge in [-0.15, -0.1) is 0 Å². The maximum Gasteiger partial charge on any atom is 0.272 e. The Morgan fingerprint density at radius 1 is 1.19 bits per heavy atom. The normalized spacial score (nSPS) is 10.2. The van der Waals surface area contributed by atoms with Crippen molar-refractivity contribution in [3.63, 3.8) is 0 Å². The maximum absolute atomic E-state index is 13.8. The van der Waals surface area contributed by atoms with Crippen LogP contribution >= 0.6 is 0 Å². The molecule has 0 heterocycles. The van der Waals surface area contributed by atoms with Crippen molar-refractivity contribution in [3.05, 3.63) is 58.1 Å². The summed E-state index contributed by atoms with van der Waals surface area (Å²) in [5, 5.41) is 13.3. The summed E-state index contributed by atoms with van der Waals surface area (Å²) in [6.45, 7) is 1.25. The second-order valence-electron chi connectivity index (χ2n) is 4.33. The molecule has 0 saturated heterocycles. The fraction of sp³-hybridized carbons (Fsp3) is 0.0714. The average Bonchev–Trinajstić information content (AvgIpc) is 2.37. The van der Waals surface area contributed by atoms with Gasteiger partial charge in [-0.25, -0.2) is 8.78 Å². The lowest BCUT2D eigenvalue weighted by Gasteiger charge is -2.08. The smallest absolute Gasteiger partial charge is 0.272 e. The Bertz CT molecular complexity index is 732. The van der Waals surface area contributed by atoms with Gasteiger partial charge in [0.05, 0.1) is 4.92 Å². The number of amides is 1. The van der Waals surface area contributed by atoms with Gasteiger partial charge >= 0.3 is 0 Å². The second-order valence-corrected chi connectivity index (χ2v) is 4.33. The Kier molecular flexibility index (Phi) is 3.93. The Balaban J connectivity index is 2.58. The van der Waals surface area contributed by atoms with Crippen LogP contribution in [0.1, 0.15) is 6.92 Å². The van der Waals surface area contributed by atoms with E-state index in [1.54, 1.807) is 0 Å². The van der Waals surface area contributed by atoms with E-state index in [1.165, 1.54) is 19.1 Å². The first-order chi connectivity index (χ1) is 9.86. The first-order valence-corrected chi connectivity index (χ1v) is 5.89. The van der Waals surface area contributed by atoms with Crippen LogP contribution in [0.2, 0.25) is 0 Å². The monoisotopic (exact) mass is 292 g/mol. The molecule has 7 heteroatoms. The van der Waals surface area contributed by atoms with Crippen LogP contribution in [-0.4, -0.2) is 10.8 Å². The highest BCUT2D eigenvalue weighted by Gasteiger charge is 2.14. The van der Waals surface area contributed by atoms with E-state index in [-0.39, 0.29) is 22.5 Å². The molecule has 0 atom stereocenters. The number of nitrogens with one attached hydrogen (secondary N) is 1. The molecule has 0 saturated carbocycles.